The highest BCUT2D eigenvalue weighted by Crippen LogP contribution is 2.44. The molecule has 2 heterocycles. The lowest BCUT2D eigenvalue weighted by Crippen LogP contribution is -1.98. The molecule has 1 aliphatic heterocycles. The van der Waals surface area contributed by atoms with Gasteiger partial charge >= 0.3 is 0 Å². The molecule has 1 aromatic heterocycles. The lowest BCUT2D eigenvalue weighted by atomic mass is 9.98. The van der Waals surface area contributed by atoms with Crippen molar-refractivity contribution in [3.63, 3.8) is 0 Å². The quantitative estimate of drug-likeness (QED) is 0.626. The van der Waals surface area contributed by atoms with Crippen LogP contribution in [0.4, 0.5) is 0 Å². The normalized spacial score (nSPS) is 31.5. The molecule has 1 saturated heterocycles. The Morgan fingerprint density at radius 1 is 1.38 bits per heavy atom. The van der Waals surface area contributed by atoms with E-state index in [2.05, 4.69) is 13.0 Å². The monoisotopic (exact) mass is 194 g/mol. The van der Waals surface area contributed by atoms with Gasteiger partial charge in [0.25, 0.3) is 0 Å². The van der Waals surface area contributed by atoms with Crippen LogP contribution in [0.3, 0.4) is 0 Å². The Bertz CT molecular complexity index is 312. The van der Waals surface area contributed by atoms with Crippen LogP contribution in [0.1, 0.15) is 35.1 Å². The van der Waals surface area contributed by atoms with E-state index < -0.39 is 0 Å². The fraction of sp³-hybridized carbons (Fsp3) is 0.636. The SMILES string of the molecule is CC1(c2cc3c(s2)CCCC3)CO1. The lowest BCUT2D eigenvalue weighted by Gasteiger charge is -2.08. The molecule has 70 valence electrons. The average Bonchev–Trinajstić information content (AvgIpc) is 2.76. The average molecular weight is 194 g/mol. The van der Waals surface area contributed by atoms with Crippen molar-refractivity contribution in [3.05, 3.63) is 21.4 Å². The van der Waals surface area contributed by atoms with Gasteiger partial charge in [-0.15, -0.1) is 11.3 Å². The van der Waals surface area contributed by atoms with Crippen molar-refractivity contribution >= 4 is 11.3 Å². The molecule has 0 spiro atoms. The van der Waals surface area contributed by atoms with Crippen LogP contribution >= 0.6 is 11.3 Å². The minimum Gasteiger partial charge on any atom is -0.364 e. The summed E-state index contributed by atoms with van der Waals surface area (Å²) in [6, 6.07) is 2.38. The predicted octanol–water partition coefficient (Wildman–Crippen LogP) is 2.87. The van der Waals surface area contributed by atoms with E-state index in [1.165, 1.54) is 30.6 Å². The molecule has 13 heavy (non-hydrogen) atoms. The Labute approximate surface area is 82.7 Å². The number of aryl methyl sites for hydroxylation is 2. The molecule has 0 radical (unpaired) electrons. The van der Waals surface area contributed by atoms with Gasteiger partial charge in [-0.25, -0.2) is 0 Å². The van der Waals surface area contributed by atoms with Crippen molar-refractivity contribution in [1.29, 1.82) is 0 Å². The highest BCUT2D eigenvalue weighted by molar-refractivity contribution is 7.12. The third kappa shape index (κ3) is 1.24. The van der Waals surface area contributed by atoms with E-state index in [0.29, 0.717) is 0 Å². The van der Waals surface area contributed by atoms with E-state index in [1.807, 2.05) is 11.3 Å². The van der Waals surface area contributed by atoms with E-state index in [-0.39, 0.29) is 5.60 Å². The third-order valence-corrected chi connectivity index (χ3v) is 4.58. The summed E-state index contributed by atoms with van der Waals surface area (Å²) < 4.78 is 5.47. The molecule has 0 saturated carbocycles. The summed E-state index contributed by atoms with van der Waals surface area (Å²) in [5.74, 6) is 0. The van der Waals surface area contributed by atoms with Crippen LogP contribution < -0.4 is 0 Å². The van der Waals surface area contributed by atoms with Gasteiger partial charge in [0.1, 0.15) is 5.60 Å². The standard InChI is InChI=1S/C11H14OS/c1-11(7-12-11)10-6-8-4-2-3-5-9(8)13-10/h6H,2-5,7H2,1H3. The van der Waals surface area contributed by atoms with E-state index in [9.17, 15) is 0 Å². The molecule has 0 N–H and O–H groups in total. The first-order chi connectivity index (χ1) is 6.28. The smallest absolute Gasteiger partial charge is 0.123 e. The highest BCUT2D eigenvalue weighted by Gasteiger charge is 2.43. The van der Waals surface area contributed by atoms with Crippen LogP contribution in [0.5, 0.6) is 0 Å². The van der Waals surface area contributed by atoms with Crippen LogP contribution in [-0.2, 0) is 23.2 Å². The van der Waals surface area contributed by atoms with Gasteiger partial charge in [-0.2, -0.15) is 0 Å². The molecule has 1 fully saturated rings. The topological polar surface area (TPSA) is 12.5 Å². The molecule has 0 aromatic carbocycles. The fourth-order valence-electron chi connectivity index (χ4n) is 2.00. The largest absolute Gasteiger partial charge is 0.364 e. The van der Waals surface area contributed by atoms with E-state index in [1.54, 1.807) is 10.4 Å². The first-order valence-corrected chi connectivity index (χ1v) is 5.86. The predicted molar refractivity (Wildman–Crippen MR) is 54.3 cm³/mol. The number of hydrogen-bond acceptors (Lipinski definition) is 2. The van der Waals surface area contributed by atoms with Gasteiger partial charge in [0.05, 0.1) is 6.61 Å². The summed E-state index contributed by atoms with van der Waals surface area (Å²) >= 11 is 1.98. The Kier molecular flexibility index (Phi) is 1.59. The minimum absolute atomic E-state index is 0.0992. The maximum absolute atomic E-state index is 5.47. The molecular formula is C11H14OS. The molecule has 1 atom stereocenters. The molecular weight excluding hydrogens is 180 g/mol. The Balaban J connectivity index is 2.00. The molecule has 0 amide bonds. The zero-order valence-electron chi connectivity index (χ0n) is 7.93. The van der Waals surface area contributed by atoms with Gasteiger partial charge in [-0.05, 0) is 44.2 Å². The maximum Gasteiger partial charge on any atom is 0.123 e. The van der Waals surface area contributed by atoms with Crippen molar-refractivity contribution < 1.29 is 4.74 Å². The molecule has 1 aliphatic carbocycles. The second-order valence-corrected chi connectivity index (χ2v) is 5.42. The Morgan fingerprint density at radius 2 is 2.15 bits per heavy atom. The molecule has 1 nitrogen and oxygen atoms in total. The van der Waals surface area contributed by atoms with Crippen LogP contribution in [0.25, 0.3) is 0 Å². The summed E-state index contributed by atoms with van der Waals surface area (Å²) in [7, 11) is 0. The third-order valence-electron chi connectivity index (χ3n) is 3.10. The zero-order chi connectivity index (χ0) is 8.89. The molecule has 0 bridgehead atoms. The number of ether oxygens (including phenoxy) is 1. The van der Waals surface area contributed by atoms with Gasteiger partial charge in [-0.3, -0.25) is 0 Å². The van der Waals surface area contributed by atoms with Crippen LogP contribution in [0.2, 0.25) is 0 Å². The van der Waals surface area contributed by atoms with Crippen molar-refractivity contribution in [1.82, 2.24) is 0 Å². The van der Waals surface area contributed by atoms with Crippen LogP contribution in [-0.4, -0.2) is 6.61 Å². The number of epoxide rings is 1. The highest BCUT2D eigenvalue weighted by atomic mass is 32.1. The summed E-state index contributed by atoms with van der Waals surface area (Å²) in [4.78, 5) is 3.08. The minimum atomic E-state index is 0.0992. The van der Waals surface area contributed by atoms with E-state index in [0.717, 1.165) is 6.61 Å². The number of thiophene rings is 1. The van der Waals surface area contributed by atoms with Gasteiger partial charge < -0.3 is 4.74 Å². The zero-order valence-corrected chi connectivity index (χ0v) is 8.75. The number of hydrogen-bond donors (Lipinski definition) is 0. The second-order valence-electron chi connectivity index (χ2n) is 4.29. The summed E-state index contributed by atoms with van der Waals surface area (Å²) in [5, 5.41) is 0. The van der Waals surface area contributed by atoms with Gasteiger partial charge in [0.2, 0.25) is 0 Å². The van der Waals surface area contributed by atoms with Crippen molar-refractivity contribution in [3.8, 4) is 0 Å². The molecule has 2 aliphatic rings. The van der Waals surface area contributed by atoms with Crippen molar-refractivity contribution in [2.75, 3.05) is 6.61 Å². The lowest BCUT2D eigenvalue weighted by molar-refractivity contribution is 0.333. The molecule has 3 rings (SSSR count). The Hall–Kier alpha value is -0.340. The first-order valence-electron chi connectivity index (χ1n) is 5.04. The van der Waals surface area contributed by atoms with Crippen LogP contribution in [0.15, 0.2) is 6.07 Å². The van der Waals surface area contributed by atoms with Crippen molar-refractivity contribution in [2.24, 2.45) is 0 Å². The molecule has 1 aromatic rings. The first kappa shape index (κ1) is 8.01. The second kappa shape index (κ2) is 2.58. The van der Waals surface area contributed by atoms with E-state index in [4.69, 9.17) is 4.74 Å². The molecule has 2 heteroatoms. The van der Waals surface area contributed by atoms with Gasteiger partial charge in [0, 0.05) is 9.75 Å². The maximum atomic E-state index is 5.47. The summed E-state index contributed by atoms with van der Waals surface area (Å²) in [6.45, 7) is 3.12. The fourth-order valence-corrected chi connectivity index (χ4v) is 3.34. The Morgan fingerprint density at radius 3 is 2.85 bits per heavy atom. The van der Waals surface area contributed by atoms with Crippen molar-refractivity contribution in [2.45, 2.75) is 38.2 Å². The summed E-state index contributed by atoms with van der Waals surface area (Å²) in [5.41, 5.74) is 1.70. The summed E-state index contributed by atoms with van der Waals surface area (Å²) in [6.07, 6.45) is 5.35. The number of rotatable bonds is 1. The van der Waals surface area contributed by atoms with Gasteiger partial charge in [-0.1, -0.05) is 0 Å². The van der Waals surface area contributed by atoms with Gasteiger partial charge in [0.15, 0.2) is 0 Å². The van der Waals surface area contributed by atoms with Crippen LogP contribution in [0, 0.1) is 0 Å². The number of fused-ring (bicyclic) bond motifs is 1. The molecule has 1 unspecified atom stereocenters. The van der Waals surface area contributed by atoms with E-state index >= 15 is 0 Å².